The van der Waals surface area contributed by atoms with Crippen LogP contribution in [0, 0.1) is 0 Å². The van der Waals surface area contributed by atoms with E-state index in [1.165, 1.54) is 6.20 Å². The van der Waals surface area contributed by atoms with Crippen molar-refractivity contribution in [1.29, 1.82) is 0 Å². The summed E-state index contributed by atoms with van der Waals surface area (Å²) < 4.78 is 40.6. The molecule has 0 fully saturated rings. The largest absolute Gasteiger partial charge is 0.433 e. The van der Waals surface area contributed by atoms with Crippen LogP contribution >= 0.6 is 0 Å². The fourth-order valence-corrected chi connectivity index (χ4v) is 2.19. The summed E-state index contributed by atoms with van der Waals surface area (Å²) in [6, 6.07) is 6.95. The number of hydrogen-bond acceptors (Lipinski definition) is 2. The average Bonchev–Trinajstić information content (AvgIpc) is 2.82. The van der Waals surface area contributed by atoms with E-state index in [0.29, 0.717) is 5.69 Å². The molecule has 1 aromatic carbocycles. The maximum atomic E-state index is 13.2. The molecule has 6 heteroatoms. The average molecular weight is 283 g/mol. The zero-order valence-electron chi connectivity index (χ0n) is 11.3. The lowest BCUT2D eigenvalue weighted by Crippen LogP contribution is -2.17. The third-order valence-corrected chi connectivity index (χ3v) is 3.12. The number of rotatable bonds is 3. The van der Waals surface area contributed by atoms with Gasteiger partial charge in [0.15, 0.2) is 5.69 Å². The van der Waals surface area contributed by atoms with Crippen LogP contribution in [0.5, 0.6) is 0 Å². The Kier molecular flexibility index (Phi) is 3.85. The quantitative estimate of drug-likeness (QED) is 0.937. The standard InChI is InChI=1S/C14H16F3N3/c1-9(2)11-5-3-4-6-12(11)20-13(14(15,16)17)10(7-18)8-19-20/h3-6,8-9H,7,18H2,1-2H3. The molecule has 0 saturated carbocycles. The van der Waals surface area contributed by atoms with Gasteiger partial charge in [-0.1, -0.05) is 32.0 Å². The molecular formula is C14H16F3N3. The van der Waals surface area contributed by atoms with E-state index >= 15 is 0 Å². The Morgan fingerprint density at radius 3 is 2.45 bits per heavy atom. The van der Waals surface area contributed by atoms with Crippen molar-refractivity contribution < 1.29 is 13.2 Å². The Labute approximate surface area is 115 Å². The summed E-state index contributed by atoms with van der Waals surface area (Å²) in [5.74, 6) is 0.0952. The molecule has 0 amide bonds. The van der Waals surface area contributed by atoms with Crippen molar-refractivity contribution in [2.75, 3.05) is 0 Å². The molecule has 0 aliphatic rings. The van der Waals surface area contributed by atoms with Gasteiger partial charge in [-0.25, -0.2) is 4.68 Å². The Balaban J connectivity index is 2.68. The predicted molar refractivity (Wildman–Crippen MR) is 70.5 cm³/mol. The summed E-state index contributed by atoms with van der Waals surface area (Å²) in [6.07, 6.45) is -3.31. The zero-order valence-corrected chi connectivity index (χ0v) is 11.3. The highest BCUT2D eigenvalue weighted by Crippen LogP contribution is 2.35. The second kappa shape index (κ2) is 5.28. The number of halogens is 3. The van der Waals surface area contributed by atoms with Gasteiger partial charge in [-0.15, -0.1) is 0 Å². The third-order valence-electron chi connectivity index (χ3n) is 3.12. The first-order chi connectivity index (χ1) is 9.36. The van der Waals surface area contributed by atoms with Crippen LogP contribution in [0.15, 0.2) is 30.5 Å². The number of para-hydroxylation sites is 1. The molecule has 3 nitrogen and oxygen atoms in total. The van der Waals surface area contributed by atoms with Crippen molar-refractivity contribution in [2.45, 2.75) is 32.5 Å². The van der Waals surface area contributed by atoms with Crippen molar-refractivity contribution >= 4 is 0 Å². The number of nitrogens with zero attached hydrogens (tertiary/aromatic N) is 2. The lowest BCUT2D eigenvalue weighted by Gasteiger charge is -2.17. The van der Waals surface area contributed by atoms with Crippen LogP contribution in [0.3, 0.4) is 0 Å². The summed E-state index contributed by atoms with van der Waals surface area (Å²) in [6.45, 7) is 3.66. The Morgan fingerprint density at radius 2 is 1.90 bits per heavy atom. The maximum Gasteiger partial charge on any atom is 0.433 e. The fourth-order valence-electron chi connectivity index (χ4n) is 2.19. The first-order valence-electron chi connectivity index (χ1n) is 6.29. The molecule has 0 unspecified atom stereocenters. The van der Waals surface area contributed by atoms with Gasteiger partial charge < -0.3 is 5.73 Å². The minimum Gasteiger partial charge on any atom is -0.326 e. The van der Waals surface area contributed by atoms with Gasteiger partial charge in [-0.2, -0.15) is 18.3 Å². The van der Waals surface area contributed by atoms with Crippen LogP contribution in [0.25, 0.3) is 5.69 Å². The van der Waals surface area contributed by atoms with E-state index in [9.17, 15) is 13.2 Å². The summed E-state index contributed by atoms with van der Waals surface area (Å²) in [4.78, 5) is 0. The van der Waals surface area contributed by atoms with Gasteiger partial charge in [0.05, 0.1) is 11.9 Å². The zero-order chi connectivity index (χ0) is 14.9. The van der Waals surface area contributed by atoms with Gasteiger partial charge in [0.2, 0.25) is 0 Å². The van der Waals surface area contributed by atoms with Crippen molar-refractivity contribution in [1.82, 2.24) is 9.78 Å². The number of benzene rings is 1. The topological polar surface area (TPSA) is 43.8 Å². The molecule has 2 aromatic rings. The molecular weight excluding hydrogens is 267 g/mol. The number of alkyl halides is 3. The second-order valence-electron chi connectivity index (χ2n) is 4.85. The van der Waals surface area contributed by atoms with E-state index in [2.05, 4.69) is 5.10 Å². The smallest absolute Gasteiger partial charge is 0.326 e. The van der Waals surface area contributed by atoms with Gasteiger partial charge in [-0.3, -0.25) is 0 Å². The molecule has 0 aliphatic heterocycles. The molecule has 0 radical (unpaired) electrons. The Hall–Kier alpha value is -1.82. The fraction of sp³-hybridized carbons (Fsp3) is 0.357. The van der Waals surface area contributed by atoms with Gasteiger partial charge in [0, 0.05) is 12.1 Å². The third kappa shape index (κ3) is 2.56. The summed E-state index contributed by atoms with van der Waals surface area (Å²) in [7, 11) is 0. The van der Waals surface area contributed by atoms with E-state index in [1.807, 2.05) is 19.9 Å². The minimum absolute atomic E-state index is 0.00365. The SMILES string of the molecule is CC(C)c1ccccc1-n1ncc(CN)c1C(F)(F)F. The van der Waals surface area contributed by atoms with Crippen LogP contribution in [-0.4, -0.2) is 9.78 Å². The first-order valence-corrected chi connectivity index (χ1v) is 6.29. The molecule has 1 heterocycles. The summed E-state index contributed by atoms with van der Waals surface area (Å²) in [5.41, 5.74) is 5.83. The number of hydrogen-bond donors (Lipinski definition) is 1. The van der Waals surface area contributed by atoms with Crippen molar-refractivity contribution in [3.05, 3.63) is 47.3 Å². The van der Waals surface area contributed by atoms with E-state index in [1.54, 1.807) is 18.2 Å². The monoisotopic (exact) mass is 283 g/mol. The van der Waals surface area contributed by atoms with Crippen LogP contribution in [0.1, 0.15) is 36.6 Å². The van der Waals surface area contributed by atoms with Crippen molar-refractivity contribution in [3.8, 4) is 5.69 Å². The first kappa shape index (κ1) is 14.6. The lowest BCUT2D eigenvalue weighted by atomic mass is 10.0. The lowest BCUT2D eigenvalue weighted by molar-refractivity contribution is -0.143. The number of nitrogens with two attached hydrogens (primary N) is 1. The van der Waals surface area contributed by atoms with E-state index in [4.69, 9.17) is 5.73 Å². The van der Waals surface area contributed by atoms with Crippen molar-refractivity contribution in [2.24, 2.45) is 5.73 Å². The van der Waals surface area contributed by atoms with Crippen LogP contribution in [-0.2, 0) is 12.7 Å². The predicted octanol–water partition coefficient (Wildman–Crippen LogP) is 3.47. The van der Waals surface area contributed by atoms with Crippen LogP contribution < -0.4 is 5.73 Å². The second-order valence-corrected chi connectivity index (χ2v) is 4.85. The highest BCUT2D eigenvalue weighted by Gasteiger charge is 2.38. The molecule has 0 spiro atoms. The molecule has 2 rings (SSSR count). The van der Waals surface area contributed by atoms with E-state index in [0.717, 1.165) is 10.2 Å². The van der Waals surface area contributed by atoms with Gasteiger partial charge in [-0.05, 0) is 17.5 Å². The normalized spacial score (nSPS) is 12.2. The highest BCUT2D eigenvalue weighted by molar-refractivity contribution is 5.44. The summed E-state index contributed by atoms with van der Waals surface area (Å²) in [5, 5.41) is 3.88. The maximum absolute atomic E-state index is 13.2. The minimum atomic E-state index is -4.49. The highest BCUT2D eigenvalue weighted by atomic mass is 19.4. The van der Waals surface area contributed by atoms with E-state index < -0.39 is 11.9 Å². The van der Waals surface area contributed by atoms with Gasteiger partial charge in [0.1, 0.15) is 0 Å². The molecule has 0 atom stereocenters. The molecule has 0 bridgehead atoms. The summed E-state index contributed by atoms with van der Waals surface area (Å²) >= 11 is 0. The Morgan fingerprint density at radius 1 is 1.25 bits per heavy atom. The Bertz CT molecular complexity index is 600. The van der Waals surface area contributed by atoms with Gasteiger partial charge in [0.25, 0.3) is 0 Å². The van der Waals surface area contributed by atoms with E-state index in [-0.39, 0.29) is 18.0 Å². The molecule has 2 N–H and O–H groups in total. The van der Waals surface area contributed by atoms with Crippen LogP contribution in [0.4, 0.5) is 13.2 Å². The molecule has 108 valence electrons. The molecule has 0 saturated heterocycles. The number of aromatic nitrogens is 2. The molecule has 0 aliphatic carbocycles. The van der Waals surface area contributed by atoms with Crippen molar-refractivity contribution in [3.63, 3.8) is 0 Å². The van der Waals surface area contributed by atoms with Crippen LogP contribution in [0.2, 0.25) is 0 Å². The van der Waals surface area contributed by atoms with Gasteiger partial charge >= 0.3 is 6.18 Å². The molecule has 1 aromatic heterocycles. The molecule has 20 heavy (non-hydrogen) atoms.